The fourth-order valence-corrected chi connectivity index (χ4v) is 2.80. The van der Waals surface area contributed by atoms with Gasteiger partial charge in [-0.2, -0.15) is 0 Å². The number of carbonyl (C=O) groups is 1. The molecule has 2 rings (SSSR count). The number of carbonyl (C=O) groups excluding carboxylic acids is 1. The molecule has 0 aliphatic carbocycles. The predicted octanol–water partition coefficient (Wildman–Crippen LogP) is 2.48. The van der Waals surface area contributed by atoms with Gasteiger partial charge in [-0.1, -0.05) is 11.6 Å². The van der Waals surface area contributed by atoms with Crippen molar-refractivity contribution in [2.45, 2.75) is 19.4 Å². The minimum absolute atomic E-state index is 0. The molecule has 21 heavy (non-hydrogen) atoms. The minimum Gasteiger partial charge on any atom is -0.336 e. The number of amides is 1. The molecule has 1 amide bonds. The number of non-ortho nitro benzene ring substituents is 1. The highest BCUT2D eigenvalue weighted by Gasteiger charge is 2.33. The average Bonchev–Trinajstić information content (AvgIpc) is 2.79. The lowest BCUT2D eigenvalue weighted by Crippen LogP contribution is -2.34. The molecule has 0 aromatic heterocycles. The van der Waals surface area contributed by atoms with E-state index in [2.05, 4.69) is 0 Å². The smallest absolute Gasteiger partial charge is 0.270 e. The van der Waals surface area contributed by atoms with Crippen molar-refractivity contribution in [2.75, 3.05) is 13.1 Å². The van der Waals surface area contributed by atoms with E-state index in [-0.39, 0.29) is 35.1 Å². The first kappa shape index (κ1) is 17.7. The van der Waals surface area contributed by atoms with Gasteiger partial charge >= 0.3 is 0 Å². The molecule has 0 spiro atoms. The molecule has 1 aliphatic rings. The maximum atomic E-state index is 12.5. The molecular formula is C13H17Cl2N3O3. The highest BCUT2D eigenvalue weighted by molar-refractivity contribution is 6.34. The predicted molar refractivity (Wildman–Crippen MR) is 83.0 cm³/mol. The maximum absolute atomic E-state index is 12.5. The van der Waals surface area contributed by atoms with Gasteiger partial charge in [-0.15, -0.1) is 12.4 Å². The third-order valence-electron chi connectivity index (χ3n) is 3.65. The van der Waals surface area contributed by atoms with Gasteiger partial charge in [-0.05, 0) is 31.9 Å². The van der Waals surface area contributed by atoms with E-state index in [4.69, 9.17) is 17.3 Å². The lowest BCUT2D eigenvalue weighted by Gasteiger charge is -2.22. The molecule has 8 heteroatoms. The van der Waals surface area contributed by atoms with Crippen molar-refractivity contribution in [2.24, 2.45) is 11.7 Å². The number of nitro groups is 1. The van der Waals surface area contributed by atoms with Crippen molar-refractivity contribution < 1.29 is 9.72 Å². The molecule has 1 saturated heterocycles. The van der Waals surface area contributed by atoms with E-state index in [1.807, 2.05) is 6.92 Å². The van der Waals surface area contributed by atoms with Crippen LogP contribution in [0.4, 0.5) is 5.69 Å². The van der Waals surface area contributed by atoms with Crippen molar-refractivity contribution in [3.05, 3.63) is 38.9 Å². The second-order valence-corrected chi connectivity index (χ2v) is 5.47. The van der Waals surface area contributed by atoms with E-state index in [0.717, 1.165) is 6.42 Å². The Morgan fingerprint density at radius 1 is 1.57 bits per heavy atom. The number of halogens is 2. The highest BCUT2D eigenvalue weighted by Crippen LogP contribution is 2.28. The molecule has 1 aliphatic heterocycles. The van der Waals surface area contributed by atoms with Crippen molar-refractivity contribution in [1.29, 1.82) is 0 Å². The highest BCUT2D eigenvalue weighted by atomic mass is 35.5. The maximum Gasteiger partial charge on any atom is 0.270 e. The zero-order valence-electron chi connectivity index (χ0n) is 11.5. The first-order valence-corrected chi connectivity index (χ1v) is 6.76. The molecule has 0 bridgehead atoms. The Kier molecular flexibility index (Phi) is 5.95. The average molecular weight is 334 g/mol. The Morgan fingerprint density at radius 2 is 2.24 bits per heavy atom. The number of benzene rings is 1. The molecule has 0 saturated carbocycles. The van der Waals surface area contributed by atoms with Crippen LogP contribution in [0.2, 0.25) is 5.02 Å². The van der Waals surface area contributed by atoms with Crippen LogP contribution in [0.3, 0.4) is 0 Å². The summed E-state index contributed by atoms with van der Waals surface area (Å²) in [7, 11) is 0. The van der Waals surface area contributed by atoms with Gasteiger partial charge in [0.2, 0.25) is 0 Å². The van der Waals surface area contributed by atoms with Gasteiger partial charge in [0.25, 0.3) is 11.6 Å². The van der Waals surface area contributed by atoms with Crippen LogP contribution < -0.4 is 5.73 Å². The van der Waals surface area contributed by atoms with E-state index in [1.165, 1.54) is 18.2 Å². The third kappa shape index (κ3) is 3.64. The van der Waals surface area contributed by atoms with Crippen LogP contribution in [0.1, 0.15) is 23.7 Å². The molecule has 1 aromatic rings. The molecule has 0 radical (unpaired) electrons. The van der Waals surface area contributed by atoms with Gasteiger partial charge < -0.3 is 10.6 Å². The standard InChI is InChI=1S/C13H16ClN3O3.ClH/c1-8-4-9(6-15)7-16(8)13(18)11-3-2-10(17(19)20)5-12(11)14;/h2-3,5,8-9H,4,6-7,15H2,1H3;1H. The first-order chi connectivity index (χ1) is 9.43. The molecule has 2 atom stereocenters. The van der Waals surface area contributed by atoms with Crippen LogP contribution in [0.5, 0.6) is 0 Å². The lowest BCUT2D eigenvalue weighted by molar-refractivity contribution is -0.384. The minimum atomic E-state index is -0.539. The fourth-order valence-electron chi connectivity index (χ4n) is 2.54. The second-order valence-electron chi connectivity index (χ2n) is 5.07. The van der Waals surface area contributed by atoms with Gasteiger partial charge in [-0.25, -0.2) is 0 Å². The molecule has 1 fully saturated rings. The largest absolute Gasteiger partial charge is 0.336 e. The first-order valence-electron chi connectivity index (χ1n) is 6.39. The summed E-state index contributed by atoms with van der Waals surface area (Å²) < 4.78 is 0. The van der Waals surface area contributed by atoms with Crippen LogP contribution in [-0.2, 0) is 0 Å². The summed E-state index contributed by atoms with van der Waals surface area (Å²) in [6.07, 6.45) is 0.868. The van der Waals surface area contributed by atoms with Crippen LogP contribution in [0, 0.1) is 16.0 Å². The fraction of sp³-hybridized carbons (Fsp3) is 0.462. The Hall–Kier alpha value is -1.37. The number of nitro benzene ring substituents is 1. The van der Waals surface area contributed by atoms with E-state index in [1.54, 1.807) is 4.90 Å². The van der Waals surface area contributed by atoms with E-state index < -0.39 is 4.92 Å². The summed E-state index contributed by atoms with van der Waals surface area (Å²) in [4.78, 5) is 24.3. The van der Waals surface area contributed by atoms with E-state index >= 15 is 0 Å². The molecule has 116 valence electrons. The lowest BCUT2D eigenvalue weighted by atomic mass is 10.1. The van der Waals surface area contributed by atoms with Gasteiger partial charge in [0.1, 0.15) is 0 Å². The molecule has 2 N–H and O–H groups in total. The van der Waals surface area contributed by atoms with Crippen LogP contribution in [0.15, 0.2) is 18.2 Å². The van der Waals surface area contributed by atoms with Crippen molar-refractivity contribution >= 4 is 35.6 Å². The molecule has 1 aromatic carbocycles. The SMILES string of the molecule is CC1CC(CN)CN1C(=O)c1ccc([N+](=O)[O-])cc1Cl.Cl. The summed E-state index contributed by atoms with van der Waals surface area (Å²) in [6, 6.07) is 4.00. The normalized spacial score (nSPS) is 21.0. The number of likely N-dealkylation sites (tertiary alicyclic amines) is 1. The molecule has 2 unspecified atom stereocenters. The quantitative estimate of drug-likeness (QED) is 0.679. The summed E-state index contributed by atoms with van der Waals surface area (Å²) in [5, 5.41) is 10.8. The van der Waals surface area contributed by atoms with E-state index in [9.17, 15) is 14.9 Å². The molecular weight excluding hydrogens is 317 g/mol. The zero-order chi connectivity index (χ0) is 14.9. The number of nitrogens with two attached hydrogens (primary N) is 1. The number of nitrogens with zero attached hydrogens (tertiary/aromatic N) is 2. The number of hydrogen-bond donors (Lipinski definition) is 1. The van der Waals surface area contributed by atoms with Gasteiger partial charge in [0.05, 0.1) is 15.5 Å². The number of rotatable bonds is 3. The van der Waals surface area contributed by atoms with Gasteiger partial charge in [-0.3, -0.25) is 14.9 Å². The van der Waals surface area contributed by atoms with Crippen molar-refractivity contribution in [3.63, 3.8) is 0 Å². The summed E-state index contributed by atoms with van der Waals surface area (Å²) >= 11 is 5.99. The number of hydrogen-bond acceptors (Lipinski definition) is 4. The Balaban J connectivity index is 0.00000220. The van der Waals surface area contributed by atoms with E-state index in [0.29, 0.717) is 24.6 Å². The van der Waals surface area contributed by atoms with Crippen LogP contribution in [0.25, 0.3) is 0 Å². The zero-order valence-corrected chi connectivity index (χ0v) is 13.1. The summed E-state index contributed by atoms with van der Waals surface area (Å²) in [5.74, 6) is 0.0964. The Bertz CT molecular complexity index is 553. The molecule has 6 nitrogen and oxygen atoms in total. The summed E-state index contributed by atoms with van der Waals surface area (Å²) in [6.45, 7) is 3.11. The Morgan fingerprint density at radius 3 is 2.71 bits per heavy atom. The third-order valence-corrected chi connectivity index (χ3v) is 3.96. The topological polar surface area (TPSA) is 89.5 Å². The van der Waals surface area contributed by atoms with Crippen LogP contribution in [-0.4, -0.2) is 34.9 Å². The Labute approximate surface area is 133 Å². The van der Waals surface area contributed by atoms with Crippen molar-refractivity contribution in [3.8, 4) is 0 Å². The van der Waals surface area contributed by atoms with Gasteiger partial charge in [0, 0.05) is 24.7 Å². The van der Waals surface area contributed by atoms with Crippen molar-refractivity contribution in [1.82, 2.24) is 4.90 Å². The van der Waals surface area contributed by atoms with Crippen LogP contribution >= 0.6 is 24.0 Å². The second kappa shape index (κ2) is 7.06. The van der Waals surface area contributed by atoms with Gasteiger partial charge in [0.15, 0.2) is 0 Å². The molecule has 1 heterocycles. The summed E-state index contributed by atoms with van der Waals surface area (Å²) in [5.41, 5.74) is 5.81. The monoisotopic (exact) mass is 333 g/mol.